The number of imidazole rings is 1. The molecule has 0 bridgehead atoms. The molecule has 3 aromatic rings. The Bertz CT molecular complexity index is 819. The minimum Gasteiger partial charge on any atom is -0.497 e. The summed E-state index contributed by atoms with van der Waals surface area (Å²) in [4.78, 5) is 18.7. The zero-order valence-corrected chi connectivity index (χ0v) is 11.7. The molecule has 1 heterocycles. The molecule has 5 heteroatoms. The third kappa shape index (κ3) is 2.23. The Morgan fingerprint density at radius 1 is 1.19 bits per heavy atom. The first-order chi connectivity index (χ1) is 10.1. The molecule has 0 atom stereocenters. The molecule has 1 aromatic heterocycles. The van der Waals surface area contributed by atoms with Gasteiger partial charge in [0, 0.05) is 5.56 Å². The minimum atomic E-state index is -0.979. The van der Waals surface area contributed by atoms with Crippen LogP contribution in [0.5, 0.6) is 5.75 Å². The number of aryl methyl sites for hydroxylation is 1. The van der Waals surface area contributed by atoms with Crippen LogP contribution in [0.15, 0.2) is 36.4 Å². The zero-order chi connectivity index (χ0) is 15.0. The average molecular weight is 282 g/mol. The number of methoxy groups -OCH3 is 1. The van der Waals surface area contributed by atoms with Gasteiger partial charge in [0.2, 0.25) is 0 Å². The van der Waals surface area contributed by atoms with Gasteiger partial charge in [-0.05, 0) is 30.7 Å². The Morgan fingerprint density at radius 2 is 1.90 bits per heavy atom. The zero-order valence-electron chi connectivity index (χ0n) is 11.7. The van der Waals surface area contributed by atoms with Gasteiger partial charge in [0.15, 0.2) is 0 Å². The van der Waals surface area contributed by atoms with E-state index in [1.54, 1.807) is 19.2 Å². The smallest absolute Gasteiger partial charge is 0.337 e. The molecule has 0 amide bonds. The van der Waals surface area contributed by atoms with Crippen molar-refractivity contribution in [1.82, 2.24) is 9.97 Å². The van der Waals surface area contributed by atoms with E-state index in [1.165, 1.54) is 0 Å². The number of carboxylic acid groups (broad SMARTS) is 1. The van der Waals surface area contributed by atoms with E-state index in [0.717, 1.165) is 22.4 Å². The Labute approximate surface area is 121 Å². The van der Waals surface area contributed by atoms with E-state index in [0.29, 0.717) is 11.3 Å². The molecular weight excluding hydrogens is 268 g/mol. The molecule has 0 aliphatic carbocycles. The molecule has 0 spiro atoms. The first-order valence-electron chi connectivity index (χ1n) is 6.47. The van der Waals surface area contributed by atoms with Crippen LogP contribution in [0.4, 0.5) is 0 Å². The minimum absolute atomic E-state index is 0.201. The molecule has 0 aliphatic rings. The fraction of sp³-hybridized carbons (Fsp3) is 0.125. The highest BCUT2D eigenvalue weighted by Gasteiger charge is 2.15. The molecule has 0 saturated heterocycles. The predicted octanol–water partition coefficient (Wildman–Crippen LogP) is 3.25. The molecule has 2 aromatic carbocycles. The molecular formula is C16H14N2O3. The SMILES string of the molecule is COc1ccc(-c2ccc(C(=O)O)c3nc(C)[nH]c23)cc1. The number of fused-ring (bicyclic) bond motifs is 1. The number of hydrogen-bond donors (Lipinski definition) is 2. The van der Waals surface area contributed by atoms with E-state index < -0.39 is 5.97 Å². The molecule has 106 valence electrons. The Morgan fingerprint density at radius 3 is 2.52 bits per heavy atom. The second-order valence-corrected chi connectivity index (χ2v) is 4.74. The Kier molecular flexibility index (Phi) is 3.10. The highest BCUT2D eigenvalue weighted by molar-refractivity contribution is 6.05. The number of benzene rings is 2. The van der Waals surface area contributed by atoms with Gasteiger partial charge in [-0.2, -0.15) is 0 Å². The fourth-order valence-corrected chi connectivity index (χ4v) is 2.39. The van der Waals surface area contributed by atoms with E-state index in [4.69, 9.17) is 4.74 Å². The number of H-pyrrole nitrogens is 1. The van der Waals surface area contributed by atoms with Gasteiger partial charge in [0.25, 0.3) is 0 Å². The molecule has 2 N–H and O–H groups in total. The molecule has 0 fully saturated rings. The van der Waals surface area contributed by atoms with E-state index in [1.807, 2.05) is 31.2 Å². The average Bonchev–Trinajstić information content (AvgIpc) is 2.87. The monoisotopic (exact) mass is 282 g/mol. The highest BCUT2D eigenvalue weighted by atomic mass is 16.5. The molecule has 21 heavy (non-hydrogen) atoms. The van der Waals surface area contributed by atoms with Crippen molar-refractivity contribution in [2.24, 2.45) is 0 Å². The number of aromatic nitrogens is 2. The lowest BCUT2D eigenvalue weighted by atomic mass is 10.0. The van der Waals surface area contributed by atoms with Crippen LogP contribution in [0.1, 0.15) is 16.2 Å². The molecule has 0 unspecified atom stereocenters. The Balaban J connectivity index is 2.23. The van der Waals surface area contributed by atoms with Gasteiger partial charge >= 0.3 is 5.97 Å². The third-order valence-electron chi connectivity index (χ3n) is 3.39. The standard InChI is InChI=1S/C16H14N2O3/c1-9-17-14-12(10-3-5-11(21-2)6-4-10)7-8-13(16(19)20)15(14)18-9/h3-8H,1-2H3,(H,17,18)(H,19,20). The normalized spacial score (nSPS) is 10.8. The van der Waals surface area contributed by atoms with Crippen LogP contribution < -0.4 is 4.74 Å². The van der Waals surface area contributed by atoms with Crippen LogP contribution >= 0.6 is 0 Å². The fourth-order valence-electron chi connectivity index (χ4n) is 2.39. The van der Waals surface area contributed by atoms with Gasteiger partial charge < -0.3 is 14.8 Å². The lowest BCUT2D eigenvalue weighted by Gasteiger charge is -2.06. The van der Waals surface area contributed by atoms with Crippen LogP contribution in [0.2, 0.25) is 0 Å². The topological polar surface area (TPSA) is 75.2 Å². The van der Waals surface area contributed by atoms with E-state index in [-0.39, 0.29) is 5.56 Å². The number of carbonyl (C=O) groups is 1. The lowest BCUT2D eigenvalue weighted by Crippen LogP contribution is -1.98. The summed E-state index contributed by atoms with van der Waals surface area (Å²) >= 11 is 0. The largest absolute Gasteiger partial charge is 0.497 e. The first kappa shape index (κ1) is 13.2. The van der Waals surface area contributed by atoms with Crippen LogP contribution in [0.3, 0.4) is 0 Å². The number of ether oxygens (including phenoxy) is 1. The van der Waals surface area contributed by atoms with E-state index in [2.05, 4.69) is 9.97 Å². The summed E-state index contributed by atoms with van der Waals surface area (Å²) in [6.07, 6.45) is 0. The summed E-state index contributed by atoms with van der Waals surface area (Å²) in [5, 5.41) is 9.25. The maximum atomic E-state index is 11.3. The second kappa shape index (κ2) is 4.94. The first-order valence-corrected chi connectivity index (χ1v) is 6.47. The number of rotatable bonds is 3. The van der Waals surface area contributed by atoms with Crippen LogP contribution in [0, 0.1) is 6.92 Å². The molecule has 0 aliphatic heterocycles. The summed E-state index contributed by atoms with van der Waals surface area (Å²) < 4.78 is 5.15. The molecule has 5 nitrogen and oxygen atoms in total. The number of aromatic amines is 1. The maximum Gasteiger partial charge on any atom is 0.337 e. The molecule has 3 rings (SSSR count). The Hall–Kier alpha value is -2.82. The number of nitrogens with zero attached hydrogens (tertiary/aromatic N) is 1. The van der Waals surface area contributed by atoms with Crippen molar-refractivity contribution >= 4 is 17.0 Å². The summed E-state index contributed by atoms with van der Waals surface area (Å²) in [6.45, 7) is 1.81. The summed E-state index contributed by atoms with van der Waals surface area (Å²) in [7, 11) is 1.62. The highest BCUT2D eigenvalue weighted by Crippen LogP contribution is 2.30. The van der Waals surface area contributed by atoms with Crippen LogP contribution in [-0.4, -0.2) is 28.2 Å². The van der Waals surface area contributed by atoms with Gasteiger partial charge in [-0.15, -0.1) is 0 Å². The van der Waals surface area contributed by atoms with E-state index >= 15 is 0 Å². The van der Waals surface area contributed by atoms with Crippen molar-refractivity contribution < 1.29 is 14.6 Å². The predicted molar refractivity (Wildman–Crippen MR) is 79.8 cm³/mol. The van der Waals surface area contributed by atoms with Crippen molar-refractivity contribution in [1.29, 1.82) is 0 Å². The van der Waals surface area contributed by atoms with Gasteiger partial charge in [-0.25, -0.2) is 9.78 Å². The van der Waals surface area contributed by atoms with Crippen LogP contribution in [0.25, 0.3) is 22.2 Å². The number of aromatic carboxylic acids is 1. The van der Waals surface area contributed by atoms with Gasteiger partial charge in [-0.1, -0.05) is 18.2 Å². The van der Waals surface area contributed by atoms with Crippen LogP contribution in [-0.2, 0) is 0 Å². The van der Waals surface area contributed by atoms with Gasteiger partial charge in [0.1, 0.15) is 17.1 Å². The van der Waals surface area contributed by atoms with E-state index in [9.17, 15) is 9.90 Å². The summed E-state index contributed by atoms with van der Waals surface area (Å²) in [5.74, 6) is 0.485. The summed E-state index contributed by atoms with van der Waals surface area (Å²) in [5.41, 5.74) is 3.30. The lowest BCUT2D eigenvalue weighted by molar-refractivity contribution is 0.0699. The van der Waals surface area contributed by atoms with Crippen molar-refractivity contribution in [3.05, 3.63) is 47.8 Å². The van der Waals surface area contributed by atoms with Crippen molar-refractivity contribution in [2.75, 3.05) is 7.11 Å². The number of nitrogens with one attached hydrogen (secondary N) is 1. The van der Waals surface area contributed by atoms with Gasteiger partial charge in [0.05, 0.1) is 18.2 Å². The summed E-state index contributed by atoms with van der Waals surface area (Å²) in [6, 6.07) is 11.0. The molecule has 0 radical (unpaired) electrons. The number of hydrogen-bond acceptors (Lipinski definition) is 3. The van der Waals surface area contributed by atoms with Crippen molar-refractivity contribution in [3.63, 3.8) is 0 Å². The van der Waals surface area contributed by atoms with Gasteiger partial charge in [-0.3, -0.25) is 0 Å². The third-order valence-corrected chi connectivity index (χ3v) is 3.39. The maximum absolute atomic E-state index is 11.3. The second-order valence-electron chi connectivity index (χ2n) is 4.74. The molecule has 0 saturated carbocycles. The quantitative estimate of drug-likeness (QED) is 0.773. The number of carboxylic acids is 1. The van der Waals surface area contributed by atoms with Crippen molar-refractivity contribution in [3.8, 4) is 16.9 Å². The van der Waals surface area contributed by atoms with Crippen molar-refractivity contribution in [2.45, 2.75) is 6.92 Å².